The molecule has 1 aromatic carbocycles. The topological polar surface area (TPSA) is 61.3 Å². The van der Waals surface area contributed by atoms with E-state index in [-0.39, 0.29) is 11.4 Å². The Morgan fingerprint density at radius 1 is 1.33 bits per heavy atom. The summed E-state index contributed by atoms with van der Waals surface area (Å²) in [5, 5.41) is 10.0. The van der Waals surface area contributed by atoms with E-state index in [1.165, 1.54) is 0 Å². The first-order valence-corrected chi connectivity index (χ1v) is 7.71. The highest BCUT2D eigenvalue weighted by Crippen LogP contribution is 2.25. The fourth-order valence-electron chi connectivity index (χ4n) is 3.28. The van der Waals surface area contributed by atoms with Crippen LogP contribution in [-0.2, 0) is 6.54 Å². The molecule has 0 atom stereocenters. The molecule has 0 unspecified atom stereocenters. The lowest BCUT2D eigenvalue weighted by molar-refractivity contribution is 0.142. The Labute approximate surface area is 124 Å². The van der Waals surface area contributed by atoms with Gasteiger partial charge in [-0.2, -0.15) is 0 Å². The van der Waals surface area contributed by atoms with Gasteiger partial charge in [0.1, 0.15) is 11.3 Å². The number of hydrogen-bond acceptors (Lipinski definition) is 3. The van der Waals surface area contributed by atoms with Gasteiger partial charge in [-0.05, 0) is 57.8 Å². The fraction of sp³-hybridized carbons (Fsp3) is 0.562. The quantitative estimate of drug-likeness (QED) is 0.910. The van der Waals surface area contributed by atoms with Gasteiger partial charge in [0.25, 0.3) is 0 Å². The lowest BCUT2D eigenvalue weighted by atomic mass is 9.96. The first-order valence-electron chi connectivity index (χ1n) is 7.71. The zero-order valence-corrected chi connectivity index (χ0v) is 12.7. The van der Waals surface area contributed by atoms with Crippen LogP contribution in [0.15, 0.2) is 23.0 Å². The van der Waals surface area contributed by atoms with Crippen LogP contribution in [0.5, 0.6) is 5.75 Å². The number of nitrogens with zero attached hydrogens (tertiary/aromatic N) is 2. The van der Waals surface area contributed by atoms with Crippen molar-refractivity contribution in [2.75, 3.05) is 13.1 Å². The van der Waals surface area contributed by atoms with Crippen molar-refractivity contribution in [2.45, 2.75) is 39.3 Å². The van der Waals surface area contributed by atoms with E-state index in [1.807, 2.05) is 6.07 Å². The third-order valence-electron chi connectivity index (χ3n) is 4.59. The number of benzene rings is 1. The Balaban J connectivity index is 1.80. The highest BCUT2D eigenvalue weighted by Gasteiger charge is 2.22. The smallest absolute Gasteiger partial charge is 0.326 e. The monoisotopic (exact) mass is 289 g/mol. The molecule has 2 aromatic rings. The van der Waals surface area contributed by atoms with Gasteiger partial charge in [-0.3, -0.25) is 4.57 Å². The zero-order valence-electron chi connectivity index (χ0n) is 12.7. The van der Waals surface area contributed by atoms with Gasteiger partial charge in [0.15, 0.2) is 0 Å². The van der Waals surface area contributed by atoms with Gasteiger partial charge >= 0.3 is 5.69 Å². The van der Waals surface area contributed by atoms with E-state index in [2.05, 4.69) is 23.7 Å². The first-order chi connectivity index (χ1) is 10.1. The Hall–Kier alpha value is -1.75. The maximum Gasteiger partial charge on any atom is 0.326 e. The minimum absolute atomic E-state index is 0.127. The number of phenolic OH excluding ortho intramolecular Hbond substituents is 1. The van der Waals surface area contributed by atoms with E-state index >= 15 is 0 Å². The van der Waals surface area contributed by atoms with Gasteiger partial charge < -0.3 is 15.0 Å². The van der Waals surface area contributed by atoms with Crippen LogP contribution in [0.2, 0.25) is 0 Å². The molecule has 0 saturated carbocycles. The molecule has 5 heteroatoms. The molecule has 21 heavy (non-hydrogen) atoms. The highest BCUT2D eigenvalue weighted by atomic mass is 16.3. The van der Waals surface area contributed by atoms with E-state index < -0.39 is 0 Å². The number of nitrogens with one attached hydrogen (secondary N) is 1. The number of para-hydroxylation sites is 1. The van der Waals surface area contributed by atoms with E-state index in [0.717, 1.165) is 25.9 Å². The molecule has 0 aliphatic carbocycles. The van der Waals surface area contributed by atoms with Gasteiger partial charge in [0.05, 0.1) is 5.52 Å². The third-order valence-corrected chi connectivity index (χ3v) is 4.59. The predicted molar refractivity (Wildman–Crippen MR) is 83.7 cm³/mol. The molecular formula is C16H23N3O2. The molecule has 1 fully saturated rings. The summed E-state index contributed by atoms with van der Waals surface area (Å²) < 4.78 is 1.69. The molecule has 1 aliphatic rings. The summed E-state index contributed by atoms with van der Waals surface area (Å²) in [6.45, 7) is 7.31. The van der Waals surface area contributed by atoms with Crippen molar-refractivity contribution in [3.05, 3.63) is 28.7 Å². The van der Waals surface area contributed by atoms with E-state index in [9.17, 15) is 9.90 Å². The molecule has 0 bridgehead atoms. The number of rotatable bonds is 3. The van der Waals surface area contributed by atoms with Crippen molar-refractivity contribution in [3.63, 3.8) is 0 Å². The fourth-order valence-corrected chi connectivity index (χ4v) is 3.28. The Morgan fingerprint density at radius 3 is 2.71 bits per heavy atom. The predicted octanol–water partition coefficient (Wildman–Crippen LogP) is 2.16. The summed E-state index contributed by atoms with van der Waals surface area (Å²) >= 11 is 0. The van der Waals surface area contributed by atoms with Crippen LogP contribution in [-0.4, -0.2) is 38.7 Å². The maximum absolute atomic E-state index is 12.1. The molecule has 2 heterocycles. The number of piperidine rings is 1. The maximum atomic E-state index is 12.1. The number of H-pyrrole nitrogens is 1. The largest absolute Gasteiger partial charge is 0.506 e. The Morgan fingerprint density at radius 2 is 2.05 bits per heavy atom. The highest BCUT2D eigenvalue weighted by molar-refractivity contribution is 5.81. The van der Waals surface area contributed by atoms with Crippen molar-refractivity contribution >= 4 is 11.0 Å². The van der Waals surface area contributed by atoms with E-state index in [1.54, 1.807) is 16.7 Å². The van der Waals surface area contributed by atoms with Crippen molar-refractivity contribution in [3.8, 4) is 5.75 Å². The number of imidazole rings is 1. The van der Waals surface area contributed by atoms with Crippen molar-refractivity contribution in [1.82, 2.24) is 14.5 Å². The molecule has 1 saturated heterocycles. The van der Waals surface area contributed by atoms with Gasteiger partial charge in [-0.1, -0.05) is 6.07 Å². The number of fused-ring (bicyclic) bond motifs is 1. The van der Waals surface area contributed by atoms with Gasteiger partial charge in [-0.15, -0.1) is 0 Å². The SMILES string of the molecule is CC(C)N1CCC(Cn2c(=O)[nH]c3cccc(O)c32)CC1. The standard InChI is InChI=1S/C16H23N3O2/c1-11(2)18-8-6-12(7-9-18)10-19-15-13(17-16(19)21)4-3-5-14(15)20/h3-5,11-12,20H,6-10H2,1-2H3,(H,17,21). The van der Waals surface area contributed by atoms with Crippen molar-refractivity contribution in [2.24, 2.45) is 5.92 Å². The van der Waals surface area contributed by atoms with Crippen LogP contribution in [0.4, 0.5) is 0 Å². The second kappa shape index (κ2) is 5.56. The minimum atomic E-state index is -0.127. The van der Waals surface area contributed by atoms with Crippen LogP contribution in [0.3, 0.4) is 0 Å². The first kappa shape index (κ1) is 14.2. The number of aromatic hydroxyl groups is 1. The number of phenols is 1. The molecule has 0 amide bonds. The summed E-state index contributed by atoms with van der Waals surface area (Å²) in [6.07, 6.45) is 2.20. The van der Waals surface area contributed by atoms with Gasteiger partial charge in [0, 0.05) is 12.6 Å². The summed E-state index contributed by atoms with van der Waals surface area (Å²) in [7, 11) is 0. The van der Waals surface area contributed by atoms with Crippen LogP contribution in [0.1, 0.15) is 26.7 Å². The van der Waals surface area contributed by atoms with Crippen molar-refractivity contribution < 1.29 is 5.11 Å². The second-order valence-corrected chi connectivity index (χ2v) is 6.29. The average Bonchev–Trinajstić information content (AvgIpc) is 2.77. The molecule has 5 nitrogen and oxygen atoms in total. The molecule has 2 N–H and O–H groups in total. The lowest BCUT2D eigenvalue weighted by Crippen LogP contribution is -2.39. The summed E-state index contributed by atoms with van der Waals surface area (Å²) in [4.78, 5) is 17.4. The molecular weight excluding hydrogens is 266 g/mol. The Bertz CT molecular complexity index is 678. The molecule has 0 radical (unpaired) electrons. The molecule has 3 rings (SSSR count). The summed E-state index contributed by atoms with van der Waals surface area (Å²) in [6, 6.07) is 5.80. The van der Waals surface area contributed by atoms with Gasteiger partial charge in [-0.25, -0.2) is 4.79 Å². The van der Waals surface area contributed by atoms with Crippen molar-refractivity contribution in [1.29, 1.82) is 0 Å². The summed E-state index contributed by atoms with van der Waals surface area (Å²) in [5.41, 5.74) is 1.21. The molecule has 114 valence electrons. The molecule has 1 aliphatic heterocycles. The third kappa shape index (κ3) is 2.70. The Kier molecular flexibility index (Phi) is 3.76. The van der Waals surface area contributed by atoms with E-state index in [4.69, 9.17) is 0 Å². The van der Waals surface area contributed by atoms with Crippen LogP contribution >= 0.6 is 0 Å². The molecule has 0 spiro atoms. The van der Waals surface area contributed by atoms with Gasteiger partial charge in [0.2, 0.25) is 0 Å². The normalized spacial score (nSPS) is 17.9. The van der Waals surface area contributed by atoms with Crippen LogP contribution in [0.25, 0.3) is 11.0 Å². The second-order valence-electron chi connectivity index (χ2n) is 6.29. The number of aromatic nitrogens is 2. The zero-order chi connectivity index (χ0) is 15.0. The summed E-state index contributed by atoms with van der Waals surface area (Å²) in [5.74, 6) is 0.668. The van der Waals surface area contributed by atoms with Crippen LogP contribution in [0, 0.1) is 5.92 Å². The average molecular weight is 289 g/mol. The number of aromatic amines is 1. The van der Waals surface area contributed by atoms with Crippen LogP contribution < -0.4 is 5.69 Å². The minimum Gasteiger partial charge on any atom is -0.506 e. The lowest BCUT2D eigenvalue weighted by Gasteiger charge is -2.34. The molecule has 1 aromatic heterocycles. The number of likely N-dealkylation sites (tertiary alicyclic amines) is 1. The number of hydrogen-bond donors (Lipinski definition) is 2. The van der Waals surface area contributed by atoms with E-state index in [0.29, 0.717) is 29.5 Å².